The summed E-state index contributed by atoms with van der Waals surface area (Å²) in [5.74, 6) is -0.825. The molecule has 0 aliphatic heterocycles. The van der Waals surface area contributed by atoms with Crippen LogP contribution >= 0.6 is 7.82 Å². The number of hydrogen-bond donors (Lipinski definition) is 0. The molecule has 344 valence electrons. The minimum atomic E-state index is -4.62. The fourth-order valence-corrected chi connectivity index (χ4v) is 7.67. The molecular formula is C48H94NO8P. The highest BCUT2D eigenvalue weighted by Gasteiger charge is 2.21. The zero-order chi connectivity index (χ0) is 42.8. The number of allylic oxidation sites excluding steroid dienone is 2. The Hall–Kier alpha value is -1.25. The van der Waals surface area contributed by atoms with Crippen molar-refractivity contribution >= 4 is 19.8 Å². The minimum absolute atomic E-state index is 0.0279. The van der Waals surface area contributed by atoms with Crippen LogP contribution in [0.4, 0.5) is 0 Å². The molecule has 0 aliphatic rings. The Bertz CT molecular complexity index is 1000. The first-order valence-electron chi connectivity index (χ1n) is 24.4. The molecule has 0 heterocycles. The number of phosphoric ester groups is 1. The zero-order valence-electron chi connectivity index (χ0n) is 38.8. The van der Waals surface area contributed by atoms with Crippen LogP contribution in [0.2, 0.25) is 0 Å². The first-order valence-corrected chi connectivity index (χ1v) is 25.9. The molecule has 2 atom stereocenters. The smallest absolute Gasteiger partial charge is 0.306 e. The molecule has 0 rings (SSSR count). The largest absolute Gasteiger partial charge is 0.756 e. The van der Waals surface area contributed by atoms with E-state index in [0.717, 1.165) is 38.5 Å². The molecule has 0 amide bonds. The molecule has 0 aromatic carbocycles. The van der Waals surface area contributed by atoms with E-state index < -0.39 is 26.5 Å². The Balaban J connectivity index is 4.23. The SMILES string of the molecule is CCCCCCCCCC/C=C\CCCCCCCCCCCC(=O)OC(COC(=O)CCCCCCCCCCCCCCC)COP(=O)([O-])OCC[N+](C)(C)C. The standard InChI is InChI=1S/C48H94NO8P/c1-6-8-10-12-14-16-18-20-21-22-23-24-25-26-27-29-31-33-35-37-39-41-48(51)57-46(45-56-58(52,53)55-43-42-49(3,4)5)44-54-47(50)40-38-36-34-32-30-28-19-17-15-13-11-9-7-2/h22-23,46H,6-21,24-45H2,1-5H3/b23-22-. The molecule has 0 aromatic heterocycles. The lowest BCUT2D eigenvalue weighted by Crippen LogP contribution is -2.37. The molecule has 0 fully saturated rings. The van der Waals surface area contributed by atoms with Gasteiger partial charge in [0.25, 0.3) is 7.82 Å². The van der Waals surface area contributed by atoms with Crippen LogP contribution in [0.3, 0.4) is 0 Å². The van der Waals surface area contributed by atoms with E-state index >= 15 is 0 Å². The van der Waals surface area contributed by atoms with Crippen LogP contribution in [-0.2, 0) is 32.7 Å². The van der Waals surface area contributed by atoms with E-state index in [-0.39, 0.29) is 32.0 Å². The Kier molecular flexibility index (Phi) is 40.2. The van der Waals surface area contributed by atoms with Gasteiger partial charge in [0.1, 0.15) is 19.8 Å². The average Bonchev–Trinajstić information content (AvgIpc) is 3.17. The van der Waals surface area contributed by atoms with Gasteiger partial charge < -0.3 is 27.9 Å². The van der Waals surface area contributed by atoms with Crippen molar-refractivity contribution in [2.24, 2.45) is 0 Å². The van der Waals surface area contributed by atoms with Gasteiger partial charge in [-0.05, 0) is 38.5 Å². The topological polar surface area (TPSA) is 111 Å². The summed E-state index contributed by atoms with van der Waals surface area (Å²) in [5, 5.41) is 0. The Morgan fingerprint density at radius 1 is 0.517 bits per heavy atom. The second kappa shape index (κ2) is 41.1. The number of rotatable bonds is 45. The Morgan fingerprint density at radius 2 is 0.879 bits per heavy atom. The third kappa shape index (κ3) is 44.3. The molecule has 0 radical (unpaired) electrons. The van der Waals surface area contributed by atoms with Crippen LogP contribution in [0.15, 0.2) is 12.2 Å². The summed E-state index contributed by atoms with van der Waals surface area (Å²) in [4.78, 5) is 37.6. The fraction of sp³-hybridized carbons (Fsp3) is 0.917. The molecule has 0 bridgehead atoms. The van der Waals surface area contributed by atoms with Gasteiger partial charge in [-0.3, -0.25) is 14.2 Å². The fourth-order valence-electron chi connectivity index (χ4n) is 6.95. The van der Waals surface area contributed by atoms with Gasteiger partial charge in [-0.2, -0.15) is 0 Å². The van der Waals surface area contributed by atoms with Crippen molar-refractivity contribution in [1.82, 2.24) is 0 Å². The van der Waals surface area contributed by atoms with Crippen molar-refractivity contribution in [2.45, 2.75) is 238 Å². The number of hydrogen-bond acceptors (Lipinski definition) is 8. The van der Waals surface area contributed by atoms with E-state index in [1.165, 1.54) is 161 Å². The Morgan fingerprint density at radius 3 is 1.28 bits per heavy atom. The maximum atomic E-state index is 12.7. The van der Waals surface area contributed by atoms with Crippen LogP contribution in [-0.4, -0.2) is 70.0 Å². The highest BCUT2D eigenvalue weighted by atomic mass is 31.2. The monoisotopic (exact) mass is 844 g/mol. The molecule has 0 aromatic rings. The van der Waals surface area contributed by atoms with Gasteiger partial charge in [0.2, 0.25) is 0 Å². The molecular weight excluding hydrogens is 750 g/mol. The average molecular weight is 844 g/mol. The number of likely N-dealkylation sites (N-methyl/N-ethyl adjacent to an activating group) is 1. The van der Waals surface area contributed by atoms with Crippen molar-refractivity contribution in [1.29, 1.82) is 0 Å². The van der Waals surface area contributed by atoms with E-state index in [0.29, 0.717) is 17.4 Å². The lowest BCUT2D eigenvalue weighted by Gasteiger charge is -2.28. The summed E-state index contributed by atoms with van der Waals surface area (Å²) < 4.78 is 34.0. The lowest BCUT2D eigenvalue weighted by atomic mass is 10.0. The van der Waals surface area contributed by atoms with Crippen LogP contribution < -0.4 is 4.89 Å². The number of phosphoric acid groups is 1. The second-order valence-electron chi connectivity index (χ2n) is 17.8. The van der Waals surface area contributed by atoms with Crippen LogP contribution in [0.25, 0.3) is 0 Å². The van der Waals surface area contributed by atoms with Crippen molar-refractivity contribution in [3.63, 3.8) is 0 Å². The van der Waals surface area contributed by atoms with Gasteiger partial charge in [0.05, 0.1) is 27.7 Å². The first kappa shape index (κ1) is 56.8. The Labute approximate surface area is 358 Å². The third-order valence-electron chi connectivity index (χ3n) is 10.8. The summed E-state index contributed by atoms with van der Waals surface area (Å²) in [6.07, 6.45) is 43.8. The van der Waals surface area contributed by atoms with E-state index in [2.05, 4.69) is 26.0 Å². The number of unbranched alkanes of at least 4 members (excludes halogenated alkanes) is 29. The normalized spacial score (nSPS) is 13.6. The zero-order valence-corrected chi connectivity index (χ0v) is 39.7. The molecule has 0 N–H and O–H groups in total. The van der Waals surface area contributed by atoms with Gasteiger partial charge in [0.15, 0.2) is 6.10 Å². The van der Waals surface area contributed by atoms with Crippen molar-refractivity contribution in [3.8, 4) is 0 Å². The molecule has 0 spiro atoms. The van der Waals surface area contributed by atoms with E-state index in [1.807, 2.05) is 21.1 Å². The summed E-state index contributed by atoms with van der Waals surface area (Å²) in [6.45, 7) is 4.26. The molecule has 10 heteroatoms. The number of esters is 2. The highest BCUT2D eigenvalue weighted by Crippen LogP contribution is 2.38. The van der Waals surface area contributed by atoms with Crippen LogP contribution in [0.1, 0.15) is 232 Å². The van der Waals surface area contributed by atoms with Gasteiger partial charge in [-0.15, -0.1) is 0 Å². The number of carbonyl (C=O) groups excluding carboxylic acids is 2. The van der Waals surface area contributed by atoms with E-state index in [1.54, 1.807) is 0 Å². The van der Waals surface area contributed by atoms with Gasteiger partial charge >= 0.3 is 11.9 Å². The van der Waals surface area contributed by atoms with Crippen molar-refractivity contribution < 1.29 is 42.1 Å². The minimum Gasteiger partial charge on any atom is -0.756 e. The summed E-state index contributed by atoms with van der Waals surface area (Å²) in [5.41, 5.74) is 0. The maximum absolute atomic E-state index is 12.7. The molecule has 0 saturated heterocycles. The molecule has 58 heavy (non-hydrogen) atoms. The quantitative estimate of drug-likeness (QED) is 0.0196. The molecule has 2 unspecified atom stereocenters. The third-order valence-corrected chi connectivity index (χ3v) is 11.7. The van der Waals surface area contributed by atoms with Crippen LogP contribution in [0.5, 0.6) is 0 Å². The summed E-state index contributed by atoms with van der Waals surface area (Å²) in [6, 6.07) is 0. The summed E-state index contributed by atoms with van der Waals surface area (Å²) >= 11 is 0. The maximum Gasteiger partial charge on any atom is 0.306 e. The predicted octanol–water partition coefficient (Wildman–Crippen LogP) is 13.5. The van der Waals surface area contributed by atoms with Gasteiger partial charge in [-0.25, -0.2) is 0 Å². The van der Waals surface area contributed by atoms with Crippen LogP contribution in [0, 0.1) is 0 Å². The first-order chi connectivity index (χ1) is 28.0. The van der Waals surface area contributed by atoms with Crippen molar-refractivity contribution in [2.75, 3.05) is 47.5 Å². The summed E-state index contributed by atoms with van der Waals surface area (Å²) in [7, 11) is 1.18. The highest BCUT2D eigenvalue weighted by molar-refractivity contribution is 7.45. The second-order valence-corrected chi connectivity index (χ2v) is 19.2. The number of nitrogens with zero attached hydrogens (tertiary/aromatic N) is 1. The van der Waals surface area contributed by atoms with Crippen molar-refractivity contribution in [3.05, 3.63) is 12.2 Å². The number of ether oxygens (including phenoxy) is 2. The van der Waals surface area contributed by atoms with Gasteiger partial charge in [-0.1, -0.05) is 193 Å². The van der Waals surface area contributed by atoms with E-state index in [9.17, 15) is 19.0 Å². The molecule has 9 nitrogen and oxygen atoms in total. The lowest BCUT2D eigenvalue weighted by molar-refractivity contribution is -0.870. The molecule has 0 aliphatic carbocycles. The van der Waals surface area contributed by atoms with E-state index in [4.69, 9.17) is 18.5 Å². The predicted molar refractivity (Wildman–Crippen MR) is 241 cm³/mol. The van der Waals surface area contributed by atoms with Gasteiger partial charge in [0, 0.05) is 12.8 Å². The number of carbonyl (C=O) groups is 2. The molecule has 0 saturated carbocycles. The number of quaternary nitrogens is 1.